The molecule has 1 amide bonds. The van der Waals surface area contributed by atoms with E-state index in [-0.39, 0.29) is 5.91 Å². The summed E-state index contributed by atoms with van der Waals surface area (Å²) < 4.78 is 0. The first-order valence-corrected chi connectivity index (χ1v) is 5.60. The summed E-state index contributed by atoms with van der Waals surface area (Å²) in [5, 5.41) is 2.87. The number of nitrogens with zero attached hydrogens (tertiary/aromatic N) is 1. The van der Waals surface area contributed by atoms with Crippen LogP contribution < -0.4 is 5.32 Å². The van der Waals surface area contributed by atoms with Gasteiger partial charge < -0.3 is 5.32 Å². The van der Waals surface area contributed by atoms with E-state index >= 15 is 0 Å². The summed E-state index contributed by atoms with van der Waals surface area (Å²) in [6, 6.07) is 11.2. The molecule has 0 unspecified atom stereocenters. The number of aromatic nitrogens is 1. The highest BCUT2D eigenvalue weighted by Crippen LogP contribution is 2.12. The van der Waals surface area contributed by atoms with Crippen LogP contribution in [0.25, 0.3) is 0 Å². The molecule has 1 aromatic carbocycles. The van der Waals surface area contributed by atoms with Crippen molar-refractivity contribution in [1.29, 1.82) is 0 Å². The zero-order valence-electron chi connectivity index (χ0n) is 9.68. The van der Waals surface area contributed by atoms with Crippen LogP contribution in [-0.4, -0.2) is 10.9 Å². The van der Waals surface area contributed by atoms with Crippen molar-refractivity contribution in [2.24, 2.45) is 0 Å². The number of rotatable bonds is 3. The molecule has 0 radical (unpaired) electrons. The predicted molar refractivity (Wildman–Crippen MR) is 68.0 cm³/mol. The normalized spacial score (nSPS) is 9.94. The molecule has 2 aromatic rings. The average molecular weight is 226 g/mol. The Kier molecular flexibility index (Phi) is 3.50. The van der Waals surface area contributed by atoms with Crippen LogP contribution in [-0.2, 0) is 6.42 Å². The Hall–Kier alpha value is -2.16. The van der Waals surface area contributed by atoms with E-state index in [9.17, 15) is 4.79 Å². The Morgan fingerprint density at radius 3 is 2.71 bits per heavy atom. The second kappa shape index (κ2) is 5.25. The first kappa shape index (κ1) is 11.3. The van der Waals surface area contributed by atoms with Crippen molar-refractivity contribution in [3.05, 3.63) is 59.9 Å². The lowest BCUT2D eigenvalue weighted by atomic mass is 10.1. The zero-order chi connectivity index (χ0) is 12.1. The van der Waals surface area contributed by atoms with Gasteiger partial charge in [0, 0.05) is 23.6 Å². The van der Waals surface area contributed by atoms with Crippen LogP contribution in [0.15, 0.2) is 48.8 Å². The Morgan fingerprint density at radius 2 is 2.00 bits per heavy atom. The number of amides is 1. The Labute approximate surface area is 101 Å². The zero-order valence-corrected chi connectivity index (χ0v) is 9.68. The van der Waals surface area contributed by atoms with Crippen molar-refractivity contribution in [2.75, 3.05) is 5.32 Å². The number of benzene rings is 1. The topological polar surface area (TPSA) is 42.0 Å². The molecule has 3 nitrogen and oxygen atoms in total. The van der Waals surface area contributed by atoms with Gasteiger partial charge in [0.2, 0.25) is 0 Å². The van der Waals surface area contributed by atoms with E-state index in [0.29, 0.717) is 5.56 Å². The molecule has 0 atom stereocenters. The van der Waals surface area contributed by atoms with Gasteiger partial charge in [0.05, 0.1) is 0 Å². The molecule has 17 heavy (non-hydrogen) atoms. The number of carbonyl (C=O) groups excluding carboxylic acids is 1. The van der Waals surface area contributed by atoms with Gasteiger partial charge in [-0.05, 0) is 36.2 Å². The molecule has 0 saturated heterocycles. The van der Waals surface area contributed by atoms with Gasteiger partial charge in [-0.2, -0.15) is 0 Å². The lowest BCUT2D eigenvalue weighted by Gasteiger charge is -2.06. The minimum atomic E-state index is -0.111. The number of hydrogen-bond donors (Lipinski definition) is 1. The maximum Gasteiger partial charge on any atom is 0.255 e. The van der Waals surface area contributed by atoms with Crippen LogP contribution in [0, 0.1) is 0 Å². The van der Waals surface area contributed by atoms with Crippen LogP contribution in [0.4, 0.5) is 5.69 Å². The molecule has 3 heteroatoms. The summed E-state index contributed by atoms with van der Waals surface area (Å²) in [5.41, 5.74) is 2.64. The van der Waals surface area contributed by atoms with E-state index in [1.165, 1.54) is 5.56 Å². The van der Waals surface area contributed by atoms with Gasteiger partial charge in [0.15, 0.2) is 0 Å². The average Bonchev–Trinajstić information content (AvgIpc) is 2.40. The summed E-state index contributed by atoms with van der Waals surface area (Å²) >= 11 is 0. The van der Waals surface area contributed by atoms with Crippen LogP contribution >= 0.6 is 0 Å². The lowest BCUT2D eigenvalue weighted by molar-refractivity contribution is 0.102. The maximum atomic E-state index is 11.9. The van der Waals surface area contributed by atoms with Gasteiger partial charge in [-0.3, -0.25) is 9.78 Å². The number of aryl methyl sites for hydroxylation is 1. The summed E-state index contributed by atoms with van der Waals surface area (Å²) in [5.74, 6) is -0.111. The smallest absolute Gasteiger partial charge is 0.255 e. The Balaban J connectivity index is 2.13. The lowest BCUT2D eigenvalue weighted by Crippen LogP contribution is -2.11. The fourth-order valence-electron chi connectivity index (χ4n) is 1.58. The number of anilines is 1. The quantitative estimate of drug-likeness (QED) is 0.874. The second-order valence-corrected chi connectivity index (χ2v) is 3.74. The van der Waals surface area contributed by atoms with E-state index in [0.717, 1.165) is 12.1 Å². The summed E-state index contributed by atoms with van der Waals surface area (Å²) in [6.07, 6.45) is 4.17. The number of nitrogens with one attached hydrogen (secondary N) is 1. The molecular weight excluding hydrogens is 212 g/mol. The fourth-order valence-corrected chi connectivity index (χ4v) is 1.58. The molecule has 86 valence electrons. The highest BCUT2D eigenvalue weighted by atomic mass is 16.1. The third kappa shape index (κ3) is 2.91. The molecule has 0 bridgehead atoms. The minimum absolute atomic E-state index is 0.111. The van der Waals surface area contributed by atoms with E-state index in [1.54, 1.807) is 24.5 Å². The van der Waals surface area contributed by atoms with Gasteiger partial charge in [0.1, 0.15) is 0 Å². The minimum Gasteiger partial charge on any atom is -0.322 e. The van der Waals surface area contributed by atoms with Crippen molar-refractivity contribution in [3.8, 4) is 0 Å². The molecular formula is C14H14N2O. The number of pyridine rings is 1. The monoisotopic (exact) mass is 226 g/mol. The van der Waals surface area contributed by atoms with Gasteiger partial charge >= 0.3 is 0 Å². The molecule has 0 fully saturated rings. The number of carbonyl (C=O) groups is 1. The highest BCUT2D eigenvalue weighted by Gasteiger charge is 2.05. The molecule has 0 aliphatic rings. The van der Waals surface area contributed by atoms with Gasteiger partial charge in [0.25, 0.3) is 5.91 Å². The molecule has 0 saturated carbocycles. The van der Waals surface area contributed by atoms with Crippen molar-refractivity contribution in [1.82, 2.24) is 4.98 Å². The molecule has 0 aliphatic heterocycles. The highest BCUT2D eigenvalue weighted by molar-refractivity contribution is 6.04. The molecule has 1 heterocycles. The van der Waals surface area contributed by atoms with Gasteiger partial charge in [-0.25, -0.2) is 0 Å². The van der Waals surface area contributed by atoms with Crippen LogP contribution in [0.2, 0.25) is 0 Å². The van der Waals surface area contributed by atoms with Crippen molar-refractivity contribution >= 4 is 11.6 Å². The van der Waals surface area contributed by atoms with E-state index in [4.69, 9.17) is 0 Å². The predicted octanol–water partition coefficient (Wildman–Crippen LogP) is 2.90. The van der Waals surface area contributed by atoms with Crippen LogP contribution in [0.3, 0.4) is 0 Å². The number of hydrogen-bond acceptors (Lipinski definition) is 2. The van der Waals surface area contributed by atoms with Gasteiger partial charge in [-0.15, -0.1) is 0 Å². The van der Waals surface area contributed by atoms with Crippen LogP contribution in [0.5, 0.6) is 0 Å². The first-order chi connectivity index (χ1) is 8.29. The molecule has 0 aliphatic carbocycles. The molecule has 2 rings (SSSR count). The first-order valence-electron chi connectivity index (χ1n) is 5.60. The fraction of sp³-hybridized carbons (Fsp3) is 0.143. The second-order valence-electron chi connectivity index (χ2n) is 3.74. The van der Waals surface area contributed by atoms with Crippen molar-refractivity contribution in [2.45, 2.75) is 13.3 Å². The standard InChI is InChI=1S/C14H14N2O/c1-2-11-4-3-5-13(10-11)16-14(17)12-6-8-15-9-7-12/h3-10H,2H2,1H3,(H,16,17). The maximum absolute atomic E-state index is 11.9. The third-order valence-corrected chi connectivity index (χ3v) is 2.54. The van der Waals surface area contributed by atoms with Crippen molar-refractivity contribution < 1.29 is 4.79 Å². The summed E-state index contributed by atoms with van der Waals surface area (Å²) in [4.78, 5) is 15.8. The molecule has 1 N–H and O–H groups in total. The largest absolute Gasteiger partial charge is 0.322 e. The van der Waals surface area contributed by atoms with E-state index < -0.39 is 0 Å². The van der Waals surface area contributed by atoms with E-state index in [2.05, 4.69) is 17.2 Å². The van der Waals surface area contributed by atoms with Crippen LogP contribution in [0.1, 0.15) is 22.8 Å². The van der Waals surface area contributed by atoms with E-state index in [1.807, 2.05) is 24.3 Å². The Bertz CT molecular complexity index is 509. The third-order valence-electron chi connectivity index (χ3n) is 2.54. The Morgan fingerprint density at radius 1 is 1.24 bits per heavy atom. The SMILES string of the molecule is CCc1cccc(NC(=O)c2ccncc2)c1. The van der Waals surface area contributed by atoms with Crippen molar-refractivity contribution in [3.63, 3.8) is 0 Å². The summed E-state index contributed by atoms with van der Waals surface area (Å²) in [7, 11) is 0. The molecule has 1 aromatic heterocycles. The summed E-state index contributed by atoms with van der Waals surface area (Å²) in [6.45, 7) is 2.09. The van der Waals surface area contributed by atoms with Gasteiger partial charge in [-0.1, -0.05) is 19.1 Å². The molecule has 0 spiro atoms.